The van der Waals surface area contributed by atoms with Crippen molar-refractivity contribution in [2.75, 3.05) is 26.2 Å². The fraction of sp³-hybridized carbons (Fsp3) is 0.400. The predicted octanol–water partition coefficient (Wildman–Crippen LogP) is 1.59. The quantitative estimate of drug-likeness (QED) is 0.719. The van der Waals surface area contributed by atoms with E-state index in [0.29, 0.717) is 0 Å². The molecule has 0 amide bonds. The van der Waals surface area contributed by atoms with Crippen LogP contribution in [0.5, 0.6) is 0 Å². The van der Waals surface area contributed by atoms with E-state index in [2.05, 4.69) is 15.7 Å². The second kappa shape index (κ2) is 4.72. The lowest BCUT2D eigenvalue weighted by Crippen LogP contribution is -2.40. The van der Waals surface area contributed by atoms with Crippen molar-refractivity contribution in [3.8, 4) is 0 Å². The molecule has 1 heterocycles. The van der Waals surface area contributed by atoms with Crippen molar-refractivity contribution in [2.45, 2.75) is 0 Å². The van der Waals surface area contributed by atoms with Crippen LogP contribution in [-0.4, -0.2) is 31.2 Å². The number of nitrogens with one attached hydrogen (secondary N) is 1. The van der Waals surface area contributed by atoms with Crippen LogP contribution < -0.4 is 5.32 Å². The lowest BCUT2D eigenvalue weighted by atomic mass is 10.3. The maximum Gasteiger partial charge on any atom is 0.0874 e. The maximum atomic E-state index is 4.17. The van der Waals surface area contributed by atoms with Crippen LogP contribution in [-0.2, 0) is 0 Å². The summed E-state index contributed by atoms with van der Waals surface area (Å²) in [6.07, 6.45) is 0. The monoisotopic (exact) mass is 190 g/mol. The van der Waals surface area contributed by atoms with E-state index in [1.165, 1.54) is 0 Å². The standard InChI is InChI=1S/C10H14N4/c1-2-4-10(5-3-1)12-13-14-8-6-11-7-9-14/h1-5,11H,6-9H2. The summed E-state index contributed by atoms with van der Waals surface area (Å²) >= 11 is 0. The summed E-state index contributed by atoms with van der Waals surface area (Å²) in [6.45, 7) is 3.87. The third kappa shape index (κ3) is 2.53. The molecule has 0 bridgehead atoms. The van der Waals surface area contributed by atoms with Gasteiger partial charge in [0.25, 0.3) is 0 Å². The van der Waals surface area contributed by atoms with Crippen molar-refractivity contribution in [2.24, 2.45) is 10.3 Å². The SMILES string of the molecule is c1ccc(N=NN2CCNCC2)cc1. The number of nitrogens with zero attached hydrogens (tertiary/aromatic N) is 3. The second-order valence-corrected chi connectivity index (χ2v) is 3.23. The molecule has 0 aliphatic carbocycles. The summed E-state index contributed by atoms with van der Waals surface area (Å²) in [5, 5.41) is 13.6. The first-order valence-corrected chi connectivity index (χ1v) is 4.87. The molecule has 0 radical (unpaired) electrons. The Labute approximate surface area is 83.6 Å². The highest BCUT2D eigenvalue weighted by Crippen LogP contribution is 2.10. The Balaban J connectivity index is 1.93. The Morgan fingerprint density at radius 2 is 1.79 bits per heavy atom. The van der Waals surface area contributed by atoms with Gasteiger partial charge in [0.1, 0.15) is 0 Å². The van der Waals surface area contributed by atoms with Crippen LogP contribution in [0, 0.1) is 0 Å². The van der Waals surface area contributed by atoms with Gasteiger partial charge in [-0.25, -0.2) is 0 Å². The molecule has 0 saturated carbocycles. The number of hydrogen-bond acceptors (Lipinski definition) is 3. The molecule has 1 aromatic carbocycles. The van der Waals surface area contributed by atoms with Gasteiger partial charge >= 0.3 is 0 Å². The van der Waals surface area contributed by atoms with Gasteiger partial charge in [-0.2, -0.15) is 0 Å². The molecule has 1 saturated heterocycles. The predicted molar refractivity (Wildman–Crippen MR) is 55.4 cm³/mol. The first-order chi connectivity index (χ1) is 6.95. The first kappa shape index (κ1) is 9.15. The zero-order chi connectivity index (χ0) is 9.64. The van der Waals surface area contributed by atoms with Gasteiger partial charge in [0.2, 0.25) is 0 Å². The molecule has 74 valence electrons. The minimum absolute atomic E-state index is 0.908. The van der Waals surface area contributed by atoms with Crippen molar-refractivity contribution < 1.29 is 0 Å². The Kier molecular flexibility index (Phi) is 3.08. The van der Waals surface area contributed by atoms with E-state index >= 15 is 0 Å². The maximum absolute atomic E-state index is 4.17. The highest BCUT2D eigenvalue weighted by atomic mass is 15.5. The molecule has 2 rings (SSSR count). The summed E-state index contributed by atoms with van der Waals surface area (Å²) in [4.78, 5) is 0. The number of rotatable bonds is 2. The molecule has 14 heavy (non-hydrogen) atoms. The fourth-order valence-electron chi connectivity index (χ4n) is 1.35. The summed E-state index contributed by atoms with van der Waals surface area (Å²) in [5.41, 5.74) is 0.908. The number of piperazine rings is 1. The molecule has 1 fully saturated rings. The van der Waals surface area contributed by atoms with Gasteiger partial charge in [0.05, 0.1) is 18.8 Å². The molecule has 0 unspecified atom stereocenters. The minimum Gasteiger partial charge on any atom is -0.313 e. The molecule has 0 spiro atoms. The fourth-order valence-corrected chi connectivity index (χ4v) is 1.35. The van der Waals surface area contributed by atoms with Crippen molar-refractivity contribution in [3.63, 3.8) is 0 Å². The van der Waals surface area contributed by atoms with Gasteiger partial charge in [0, 0.05) is 13.1 Å². The molecule has 0 atom stereocenters. The topological polar surface area (TPSA) is 40.0 Å². The van der Waals surface area contributed by atoms with Crippen molar-refractivity contribution in [1.29, 1.82) is 0 Å². The highest BCUT2D eigenvalue weighted by Gasteiger charge is 2.05. The molecule has 1 aromatic rings. The summed E-state index contributed by atoms with van der Waals surface area (Å²) in [6, 6.07) is 9.81. The summed E-state index contributed by atoms with van der Waals surface area (Å²) < 4.78 is 0. The van der Waals surface area contributed by atoms with E-state index in [1.54, 1.807) is 0 Å². The lowest BCUT2D eigenvalue weighted by Gasteiger charge is -2.22. The van der Waals surface area contributed by atoms with Crippen LogP contribution in [0.1, 0.15) is 0 Å². The van der Waals surface area contributed by atoms with E-state index in [-0.39, 0.29) is 0 Å². The van der Waals surface area contributed by atoms with Gasteiger partial charge in [-0.15, -0.1) is 5.11 Å². The molecule has 1 aliphatic rings. The zero-order valence-electron chi connectivity index (χ0n) is 8.06. The Hall–Kier alpha value is -1.42. The van der Waals surface area contributed by atoms with Crippen LogP contribution in [0.4, 0.5) is 5.69 Å². The largest absolute Gasteiger partial charge is 0.313 e. The average Bonchev–Trinajstić information content (AvgIpc) is 2.29. The third-order valence-corrected chi connectivity index (χ3v) is 2.14. The van der Waals surface area contributed by atoms with Gasteiger partial charge in [-0.05, 0) is 12.1 Å². The normalized spacial score (nSPS) is 17.6. The van der Waals surface area contributed by atoms with Crippen LogP contribution in [0.25, 0.3) is 0 Å². The molecule has 4 nitrogen and oxygen atoms in total. The molecule has 4 heteroatoms. The average molecular weight is 190 g/mol. The Morgan fingerprint density at radius 3 is 2.50 bits per heavy atom. The van der Waals surface area contributed by atoms with Crippen LogP contribution >= 0.6 is 0 Å². The number of hydrogen-bond donors (Lipinski definition) is 1. The molecule has 1 N–H and O–H groups in total. The van der Waals surface area contributed by atoms with Gasteiger partial charge < -0.3 is 5.32 Å². The van der Waals surface area contributed by atoms with E-state index in [4.69, 9.17) is 0 Å². The summed E-state index contributed by atoms with van der Waals surface area (Å²) in [7, 11) is 0. The third-order valence-electron chi connectivity index (χ3n) is 2.14. The van der Waals surface area contributed by atoms with E-state index < -0.39 is 0 Å². The van der Waals surface area contributed by atoms with Crippen LogP contribution in [0.2, 0.25) is 0 Å². The Bertz CT molecular complexity index is 290. The van der Waals surface area contributed by atoms with Crippen molar-refractivity contribution in [3.05, 3.63) is 30.3 Å². The minimum atomic E-state index is 0.908. The van der Waals surface area contributed by atoms with Gasteiger partial charge in [0.15, 0.2) is 0 Å². The second-order valence-electron chi connectivity index (χ2n) is 3.23. The first-order valence-electron chi connectivity index (χ1n) is 4.87. The van der Waals surface area contributed by atoms with Crippen LogP contribution in [0.15, 0.2) is 40.7 Å². The number of benzene rings is 1. The van der Waals surface area contributed by atoms with E-state index in [1.807, 2.05) is 35.3 Å². The van der Waals surface area contributed by atoms with Gasteiger partial charge in [-0.1, -0.05) is 23.4 Å². The molecule has 0 aromatic heterocycles. The van der Waals surface area contributed by atoms with E-state index in [9.17, 15) is 0 Å². The lowest BCUT2D eigenvalue weighted by molar-refractivity contribution is 0.237. The highest BCUT2D eigenvalue weighted by molar-refractivity contribution is 5.34. The Morgan fingerprint density at radius 1 is 1.07 bits per heavy atom. The summed E-state index contributed by atoms with van der Waals surface area (Å²) in [5.74, 6) is 0. The smallest absolute Gasteiger partial charge is 0.0874 e. The molecular formula is C10H14N4. The van der Waals surface area contributed by atoms with Crippen LogP contribution in [0.3, 0.4) is 0 Å². The zero-order valence-corrected chi connectivity index (χ0v) is 8.06. The van der Waals surface area contributed by atoms with E-state index in [0.717, 1.165) is 31.9 Å². The molecular weight excluding hydrogens is 176 g/mol. The van der Waals surface area contributed by atoms with Crippen molar-refractivity contribution in [1.82, 2.24) is 10.3 Å². The van der Waals surface area contributed by atoms with Crippen molar-refractivity contribution >= 4 is 5.69 Å². The molecule has 1 aliphatic heterocycles. The van der Waals surface area contributed by atoms with Gasteiger partial charge in [-0.3, -0.25) is 5.01 Å².